The van der Waals surface area contributed by atoms with Crippen LogP contribution in [0, 0.1) is 11.7 Å². The summed E-state index contributed by atoms with van der Waals surface area (Å²) in [6.45, 7) is 0.859. The fraction of sp³-hybridized carbons (Fsp3) is 0.348. The number of aromatic nitrogens is 3. The van der Waals surface area contributed by atoms with Gasteiger partial charge in [-0.1, -0.05) is 36.2 Å². The summed E-state index contributed by atoms with van der Waals surface area (Å²) >= 11 is 6.26. The first kappa shape index (κ1) is 19.2. The smallest absolute Gasteiger partial charge is 0.228 e. The van der Waals surface area contributed by atoms with Crippen molar-refractivity contribution in [3.8, 4) is 11.4 Å². The summed E-state index contributed by atoms with van der Waals surface area (Å²) in [5.41, 5.74) is 1.90. The Labute approximate surface area is 179 Å². The lowest BCUT2D eigenvalue weighted by Gasteiger charge is -2.11. The molecule has 2 aliphatic rings. The van der Waals surface area contributed by atoms with Gasteiger partial charge in [-0.25, -0.2) is 4.39 Å². The Bertz CT molecular complexity index is 1110. The van der Waals surface area contributed by atoms with Crippen LogP contribution >= 0.6 is 11.6 Å². The van der Waals surface area contributed by atoms with Crippen LogP contribution in [0.3, 0.4) is 0 Å². The fourth-order valence-electron chi connectivity index (χ4n) is 4.29. The van der Waals surface area contributed by atoms with Crippen molar-refractivity contribution in [3.05, 3.63) is 64.7 Å². The van der Waals surface area contributed by atoms with Crippen LogP contribution in [0.25, 0.3) is 11.4 Å². The van der Waals surface area contributed by atoms with Gasteiger partial charge in [-0.2, -0.15) is 0 Å². The number of benzene rings is 2. The molecule has 2 unspecified atom stereocenters. The van der Waals surface area contributed by atoms with E-state index in [1.165, 1.54) is 12.5 Å². The number of nitrogens with one attached hydrogen (secondary N) is 1. The van der Waals surface area contributed by atoms with Gasteiger partial charge in [0.25, 0.3) is 0 Å². The van der Waals surface area contributed by atoms with Crippen LogP contribution in [0.1, 0.15) is 43.0 Å². The SMILES string of the molecule is O=C(Nc1cc(-c2nnc3n2CCCCC3)ccc1F)C1CC1c1ccccc1Cl. The van der Waals surface area contributed by atoms with Gasteiger partial charge in [0, 0.05) is 29.5 Å². The number of aryl methyl sites for hydroxylation is 1. The number of amides is 1. The standard InChI is InChI=1S/C23H22ClFN4O/c24-18-7-4-3-6-15(18)16-13-17(16)23(30)26-20-12-14(9-10-19(20)25)22-28-27-21-8-2-1-5-11-29(21)22/h3-4,6-7,9-10,12,16-17H,1-2,5,8,11,13H2,(H,26,30). The summed E-state index contributed by atoms with van der Waals surface area (Å²) in [6, 6.07) is 12.3. The van der Waals surface area contributed by atoms with Gasteiger partial charge in [-0.3, -0.25) is 4.79 Å². The molecule has 2 atom stereocenters. The van der Waals surface area contributed by atoms with E-state index in [4.69, 9.17) is 11.6 Å². The minimum absolute atomic E-state index is 0.0807. The zero-order valence-electron chi connectivity index (χ0n) is 16.4. The molecule has 0 radical (unpaired) electrons. The maximum absolute atomic E-state index is 14.5. The van der Waals surface area contributed by atoms with E-state index in [1.807, 2.05) is 24.3 Å². The predicted molar refractivity (Wildman–Crippen MR) is 114 cm³/mol. The first-order valence-electron chi connectivity index (χ1n) is 10.4. The van der Waals surface area contributed by atoms with Gasteiger partial charge >= 0.3 is 0 Å². The lowest BCUT2D eigenvalue weighted by molar-refractivity contribution is -0.117. The summed E-state index contributed by atoms with van der Waals surface area (Å²) in [6.07, 6.45) is 4.98. The molecule has 0 spiro atoms. The first-order valence-corrected chi connectivity index (χ1v) is 10.8. The maximum Gasteiger partial charge on any atom is 0.228 e. The van der Waals surface area contributed by atoms with E-state index in [-0.39, 0.29) is 23.4 Å². The average Bonchev–Trinajstić information content (AvgIpc) is 3.49. The molecule has 2 aromatic carbocycles. The van der Waals surface area contributed by atoms with E-state index in [0.29, 0.717) is 11.4 Å². The van der Waals surface area contributed by atoms with E-state index >= 15 is 0 Å². The topological polar surface area (TPSA) is 59.8 Å². The lowest BCUT2D eigenvalue weighted by Crippen LogP contribution is -2.16. The molecule has 1 N–H and O–H groups in total. The summed E-state index contributed by atoms with van der Waals surface area (Å²) in [7, 11) is 0. The molecule has 1 saturated carbocycles. The Morgan fingerprint density at radius 3 is 2.87 bits per heavy atom. The molecule has 1 aliphatic carbocycles. The second kappa shape index (κ2) is 7.84. The molecule has 0 saturated heterocycles. The highest BCUT2D eigenvalue weighted by Gasteiger charge is 2.45. The fourth-order valence-corrected chi connectivity index (χ4v) is 4.56. The average molecular weight is 425 g/mol. The molecule has 7 heteroatoms. The minimum atomic E-state index is -0.461. The highest BCUT2D eigenvalue weighted by Crippen LogP contribution is 2.50. The van der Waals surface area contributed by atoms with Crippen molar-refractivity contribution < 1.29 is 9.18 Å². The maximum atomic E-state index is 14.5. The van der Waals surface area contributed by atoms with Gasteiger partial charge in [0.2, 0.25) is 5.91 Å². The van der Waals surface area contributed by atoms with E-state index in [0.717, 1.165) is 48.6 Å². The van der Waals surface area contributed by atoms with Gasteiger partial charge in [-0.05, 0) is 55.0 Å². The molecule has 30 heavy (non-hydrogen) atoms. The number of rotatable bonds is 4. The van der Waals surface area contributed by atoms with E-state index in [1.54, 1.807) is 12.1 Å². The van der Waals surface area contributed by atoms with Crippen molar-refractivity contribution in [2.24, 2.45) is 5.92 Å². The van der Waals surface area contributed by atoms with Crippen LogP contribution < -0.4 is 5.32 Å². The van der Waals surface area contributed by atoms with Crippen LogP contribution in [-0.2, 0) is 17.8 Å². The number of anilines is 1. The molecule has 1 aliphatic heterocycles. The van der Waals surface area contributed by atoms with Crippen LogP contribution in [-0.4, -0.2) is 20.7 Å². The zero-order chi connectivity index (χ0) is 20.7. The van der Waals surface area contributed by atoms with E-state index in [9.17, 15) is 9.18 Å². The van der Waals surface area contributed by atoms with Gasteiger partial charge in [-0.15, -0.1) is 10.2 Å². The number of hydrogen-bond donors (Lipinski definition) is 1. The van der Waals surface area contributed by atoms with Crippen molar-refractivity contribution in [2.75, 3.05) is 5.32 Å². The van der Waals surface area contributed by atoms with Crippen molar-refractivity contribution >= 4 is 23.2 Å². The number of halogens is 2. The Morgan fingerprint density at radius 1 is 1.13 bits per heavy atom. The number of carbonyl (C=O) groups is 1. The van der Waals surface area contributed by atoms with Crippen LogP contribution in [0.2, 0.25) is 5.02 Å². The molecule has 3 aromatic rings. The normalized spacial score (nSPS) is 20.3. The highest BCUT2D eigenvalue weighted by molar-refractivity contribution is 6.31. The molecule has 5 rings (SSSR count). The monoisotopic (exact) mass is 424 g/mol. The third kappa shape index (κ3) is 3.60. The molecule has 1 aromatic heterocycles. The molecule has 0 bridgehead atoms. The summed E-state index contributed by atoms with van der Waals surface area (Å²) in [4.78, 5) is 12.7. The number of hydrogen-bond acceptors (Lipinski definition) is 3. The Kier molecular flexibility index (Phi) is 5.03. The van der Waals surface area contributed by atoms with Crippen molar-refractivity contribution in [2.45, 2.75) is 44.6 Å². The predicted octanol–water partition coefficient (Wildman–Crippen LogP) is 5.21. The van der Waals surface area contributed by atoms with Gasteiger partial charge in [0.15, 0.2) is 5.82 Å². The molecule has 5 nitrogen and oxygen atoms in total. The summed E-state index contributed by atoms with van der Waals surface area (Å²) in [5, 5.41) is 12.1. The number of carbonyl (C=O) groups excluding carboxylic acids is 1. The van der Waals surface area contributed by atoms with E-state index in [2.05, 4.69) is 20.1 Å². The zero-order valence-corrected chi connectivity index (χ0v) is 17.2. The molecule has 154 valence electrons. The largest absolute Gasteiger partial charge is 0.323 e. The Hall–Kier alpha value is -2.73. The second-order valence-electron chi connectivity index (χ2n) is 8.06. The van der Waals surface area contributed by atoms with Crippen molar-refractivity contribution in [1.82, 2.24) is 14.8 Å². The number of fused-ring (bicyclic) bond motifs is 1. The molecule has 1 amide bonds. The van der Waals surface area contributed by atoms with Gasteiger partial charge in [0.05, 0.1) is 5.69 Å². The van der Waals surface area contributed by atoms with Gasteiger partial charge < -0.3 is 9.88 Å². The van der Waals surface area contributed by atoms with Gasteiger partial charge in [0.1, 0.15) is 11.6 Å². The minimum Gasteiger partial charge on any atom is -0.323 e. The molecular weight excluding hydrogens is 403 g/mol. The van der Waals surface area contributed by atoms with Crippen LogP contribution in [0.5, 0.6) is 0 Å². The Balaban J connectivity index is 1.36. The summed E-state index contributed by atoms with van der Waals surface area (Å²) in [5.74, 6) is 0.934. The third-order valence-electron chi connectivity index (χ3n) is 6.02. The van der Waals surface area contributed by atoms with Crippen LogP contribution in [0.15, 0.2) is 42.5 Å². The first-order chi connectivity index (χ1) is 14.6. The third-order valence-corrected chi connectivity index (χ3v) is 6.37. The molecule has 1 fully saturated rings. The Morgan fingerprint density at radius 2 is 2.00 bits per heavy atom. The highest BCUT2D eigenvalue weighted by atomic mass is 35.5. The summed E-state index contributed by atoms with van der Waals surface area (Å²) < 4.78 is 16.6. The van der Waals surface area contributed by atoms with Crippen LogP contribution in [0.4, 0.5) is 10.1 Å². The molecule has 2 heterocycles. The quantitative estimate of drug-likeness (QED) is 0.625. The van der Waals surface area contributed by atoms with Crippen molar-refractivity contribution in [1.29, 1.82) is 0 Å². The van der Waals surface area contributed by atoms with E-state index < -0.39 is 5.82 Å². The molecular formula is C23H22ClFN4O. The number of nitrogens with zero attached hydrogens (tertiary/aromatic N) is 3. The van der Waals surface area contributed by atoms with Crippen molar-refractivity contribution in [3.63, 3.8) is 0 Å². The lowest BCUT2D eigenvalue weighted by atomic mass is 10.1. The second-order valence-corrected chi connectivity index (χ2v) is 8.46.